The fraction of sp³-hybridized carbons (Fsp3) is 0.452. The minimum atomic E-state index is -4.49. The Morgan fingerprint density at radius 2 is 1.70 bits per heavy atom. The normalized spacial score (nSPS) is 21.9. The third-order valence-corrected chi connectivity index (χ3v) is 8.12. The van der Waals surface area contributed by atoms with Crippen LogP contribution in [-0.2, 0) is 22.2 Å². The Morgan fingerprint density at radius 3 is 2.34 bits per heavy atom. The quantitative estimate of drug-likeness (QED) is 0.169. The van der Waals surface area contributed by atoms with Gasteiger partial charge in [-0.25, -0.2) is 0 Å². The molecule has 0 radical (unpaired) electrons. The second kappa shape index (κ2) is 14.4. The van der Waals surface area contributed by atoms with Crippen molar-refractivity contribution in [3.05, 3.63) is 71.9 Å². The number of pyridine rings is 1. The van der Waals surface area contributed by atoms with Gasteiger partial charge in [-0.05, 0) is 42.7 Å². The highest BCUT2D eigenvalue weighted by Gasteiger charge is 2.35. The molecule has 0 aliphatic carbocycles. The van der Waals surface area contributed by atoms with Gasteiger partial charge in [0.25, 0.3) is 0 Å². The number of nitrogens with one attached hydrogen (secondary N) is 3. The highest BCUT2D eigenvalue weighted by molar-refractivity contribution is 5.99. The van der Waals surface area contributed by atoms with E-state index >= 15 is 0 Å². The number of carbonyl (C=O) groups is 2. The summed E-state index contributed by atoms with van der Waals surface area (Å²) in [6.07, 6.45) is -1.96. The van der Waals surface area contributed by atoms with Crippen LogP contribution in [0.1, 0.15) is 24.0 Å². The standard InChI is InChI=1S/C31H41F3N8O2/c1-42(18-24(15-35)39-25(16-36)19-42)12-4-6-26(37)29(43)41-28(13-20-8-10-22(11-9-20)31(32,33)34)30(44)40-23-14-21-5-2-3-7-27(21)38-17-23/h2-3,5,7-11,14,17,24-26,28,39H,4,6,12-13,15-16,18-19,35-37H2,1H3,(H-,40,41,43,44)/p+1/t24?,25?,26-,28-,42?/m0/s1. The first-order valence-corrected chi connectivity index (χ1v) is 14.8. The molecule has 10 nitrogen and oxygen atoms in total. The van der Waals surface area contributed by atoms with Gasteiger partial charge in [0.15, 0.2) is 0 Å². The van der Waals surface area contributed by atoms with Crippen LogP contribution in [0.3, 0.4) is 0 Å². The van der Waals surface area contributed by atoms with E-state index in [-0.39, 0.29) is 18.5 Å². The Kier molecular flexibility index (Phi) is 10.9. The third-order valence-electron chi connectivity index (χ3n) is 8.12. The number of nitrogens with two attached hydrogens (primary N) is 3. The Balaban J connectivity index is 1.42. The maximum Gasteiger partial charge on any atom is 0.416 e. The lowest BCUT2D eigenvalue weighted by atomic mass is 10.0. The smallest absolute Gasteiger partial charge is 0.343 e. The molecule has 1 aromatic heterocycles. The first kappa shape index (κ1) is 33.3. The zero-order valence-corrected chi connectivity index (χ0v) is 24.8. The molecule has 13 heteroatoms. The largest absolute Gasteiger partial charge is 0.416 e. The number of hydrogen-bond donors (Lipinski definition) is 6. The fourth-order valence-electron chi connectivity index (χ4n) is 5.79. The highest BCUT2D eigenvalue weighted by atomic mass is 19.4. The van der Waals surface area contributed by atoms with Gasteiger partial charge in [0.1, 0.15) is 6.04 Å². The van der Waals surface area contributed by atoms with Crippen LogP contribution in [0.15, 0.2) is 60.8 Å². The number of amides is 2. The molecule has 4 rings (SSSR count). The van der Waals surface area contributed by atoms with E-state index in [4.69, 9.17) is 17.2 Å². The van der Waals surface area contributed by atoms with Gasteiger partial charge in [-0.3, -0.25) is 19.9 Å². The van der Waals surface area contributed by atoms with Gasteiger partial charge >= 0.3 is 6.18 Å². The Morgan fingerprint density at radius 1 is 1.05 bits per heavy atom. The summed E-state index contributed by atoms with van der Waals surface area (Å²) < 4.78 is 40.0. The molecule has 1 saturated heterocycles. The van der Waals surface area contributed by atoms with Gasteiger partial charge in [0.2, 0.25) is 11.8 Å². The van der Waals surface area contributed by atoms with Crippen molar-refractivity contribution in [1.82, 2.24) is 15.6 Å². The molecule has 2 aromatic carbocycles. The Labute approximate surface area is 255 Å². The lowest BCUT2D eigenvalue weighted by Crippen LogP contribution is -2.68. The zero-order chi connectivity index (χ0) is 31.9. The molecule has 4 atom stereocenters. The van der Waals surface area contributed by atoms with Crippen molar-refractivity contribution >= 4 is 28.4 Å². The van der Waals surface area contributed by atoms with Crippen LogP contribution in [0.25, 0.3) is 10.9 Å². The number of quaternary nitrogens is 1. The zero-order valence-electron chi connectivity index (χ0n) is 24.8. The third kappa shape index (κ3) is 8.96. The summed E-state index contributed by atoms with van der Waals surface area (Å²) in [5.41, 5.74) is 18.9. The van der Waals surface area contributed by atoms with Crippen molar-refractivity contribution in [2.75, 3.05) is 45.1 Å². The van der Waals surface area contributed by atoms with Crippen LogP contribution in [0.2, 0.25) is 0 Å². The number of benzene rings is 2. The fourth-order valence-corrected chi connectivity index (χ4v) is 5.79. The number of hydrogen-bond acceptors (Lipinski definition) is 7. The van der Waals surface area contributed by atoms with Gasteiger partial charge in [0.05, 0.1) is 67.8 Å². The lowest BCUT2D eigenvalue weighted by molar-refractivity contribution is -0.916. The molecule has 0 spiro atoms. The molecule has 9 N–H and O–H groups in total. The number of para-hydroxylation sites is 1. The summed E-state index contributed by atoms with van der Waals surface area (Å²) in [6, 6.07) is 12.0. The molecule has 238 valence electrons. The summed E-state index contributed by atoms with van der Waals surface area (Å²) in [7, 11) is 2.14. The van der Waals surface area contributed by atoms with Crippen LogP contribution < -0.4 is 33.2 Å². The maximum absolute atomic E-state index is 13.4. The average molecular weight is 616 g/mol. The summed E-state index contributed by atoms with van der Waals surface area (Å²) in [4.78, 5) is 31.0. The second-order valence-electron chi connectivity index (χ2n) is 11.9. The number of rotatable bonds is 12. The number of piperazine rings is 1. The number of halogens is 3. The van der Waals surface area contributed by atoms with E-state index in [0.29, 0.717) is 37.2 Å². The van der Waals surface area contributed by atoms with Crippen LogP contribution in [0.4, 0.5) is 18.9 Å². The molecule has 0 saturated carbocycles. The van der Waals surface area contributed by atoms with Gasteiger partial charge < -0.3 is 32.3 Å². The molecule has 44 heavy (non-hydrogen) atoms. The van der Waals surface area contributed by atoms with Gasteiger partial charge in [-0.1, -0.05) is 30.3 Å². The number of alkyl halides is 3. The van der Waals surface area contributed by atoms with Crippen molar-refractivity contribution in [2.45, 2.75) is 49.6 Å². The van der Waals surface area contributed by atoms with E-state index in [2.05, 4.69) is 28.0 Å². The van der Waals surface area contributed by atoms with Crippen molar-refractivity contribution in [3.8, 4) is 0 Å². The highest BCUT2D eigenvalue weighted by Crippen LogP contribution is 2.29. The minimum Gasteiger partial charge on any atom is -0.343 e. The second-order valence-corrected chi connectivity index (χ2v) is 11.9. The van der Waals surface area contributed by atoms with Crippen LogP contribution in [-0.4, -0.2) is 85.2 Å². The molecular weight excluding hydrogens is 573 g/mol. The van der Waals surface area contributed by atoms with Gasteiger partial charge in [-0.15, -0.1) is 0 Å². The lowest BCUT2D eigenvalue weighted by Gasteiger charge is -2.45. The summed E-state index contributed by atoms with van der Waals surface area (Å²) in [6.45, 7) is 3.47. The molecule has 3 aromatic rings. The molecule has 1 aliphatic rings. The van der Waals surface area contributed by atoms with E-state index in [1.807, 2.05) is 24.3 Å². The maximum atomic E-state index is 13.4. The van der Waals surface area contributed by atoms with E-state index in [1.165, 1.54) is 18.3 Å². The number of aromatic nitrogens is 1. The van der Waals surface area contributed by atoms with Crippen LogP contribution in [0, 0.1) is 0 Å². The predicted molar refractivity (Wildman–Crippen MR) is 164 cm³/mol. The number of anilines is 1. The van der Waals surface area contributed by atoms with E-state index in [0.717, 1.165) is 47.2 Å². The summed E-state index contributed by atoms with van der Waals surface area (Å²) >= 11 is 0. The van der Waals surface area contributed by atoms with Crippen molar-refractivity contribution in [3.63, 3.8) is 0 Å². The first-order valence-electron chi connectivity index (χ1n) is 14.8. The van der Waals surface area contributed by atoms with Crippen molar-refractivity contribution < 1.29 is 27.2 Å². The molecule has 2 heterocycles. The SMILES string of the molecule is C[N+]1(CCC[C@H](N)C(=O)N[C@@H](Cc2ccc(C(F)(F)F)cc2)C(=O)Nc2cnc3ccccc3c2)CC(CN)NC(CN)C1. The molecular formula is C31H42F3N8O2+. The first-order chi connectivity index (χ1) is 20.9. The van der Waals surface area contributed by atoms with Gasteiger partial charge in [-0.2, -0.15) is 13.2 Å². The summed E-state index contributed by atoms with van der Waals surface area (Å²) in [5.74, 6) is -1.06. The van der Waals surface area contributed by atoms with Crippen molar-refractivity contribution in [2.24, 2.45) is 17.2 Å². The molecule has 2 unspecified atom stereocenters. The average Bonchev–Trinajstić information content (AvgIpc) is 2.99. The van der Waals surface area contributed by atoms with Crippen LogP contribution >= 0.6 is 0 Å². The molecule has 2 amide bonds. The van der Waals surface area contributed by atoms with Crippen molar-refractivity contribution in [1.29, 1.82) is 0 Å². The molecule has 1 fully saturated rings. The molecule has 0 bridgehead atoms. The van der Waals surface area contributed by atoms with E-state index in [1.54, 1.807) is 6.07 Å². The van der Waals surface area contributed by atoms with E-state index in [9.17, 15) is 22.8 Å². The Bertz CT molecular complexity index is 1410. The number of nitrogens with zero attached hydrogens (tertiary/aromatic N) is 2. The number of fused-ring (bicyclic) bond motifs is 1. The minimum absolute atomic E-state index is 0.0354. The number of likely N-dealkylation sites (N-methyl/N-ethyl adjacent to an activating group) is 1. The predicted octanol–water partition coefficient (Wildman–Crippen LogP) is 1.73. The van der Waals surface area contributed by atoms with E-state index < -0.39 is 35.6 Å². The Hall–Kier alpha value is -3.62. The van der Waals surface area contributed by atoms with Crippen LogP contribution in [0.5, 0.6) is 0 Å². The summed E-state index contributed by atoms with van der Waals surface area (Å²) in [5, 5.41) is 9.78. The molecule has 1 aliphatic heterocycles. The monoisotopic (exact) mass is 615 g/mol. The van der Waals surface area contributed by atoms with Gasteiger partial charge in [0, 0.05) is 24.9 Å². The number of carbonyl (C=O) groups excluding carboxylic acids is 2. The topological polar surface area (TPSA) is 161 Å².